The maximum absolute atomic E-state index is 13.1. The van der Waals surface area contributed by atoms with Crippen LogP contribution in [0, 0.1) is 6.92 Å². The van der Waals surface area contributed by atoms with Crippen molar-refractivity contribution < 1.29 is 4.79 Å². The first kappa shape index (κ1) is 24.4. The molecule has 0 spiro atoms. The zero-order valence-electron chi connectivity index (χ0n) is 19.4. The lowest BCUT2D eigenvalue weighted by atomic mass is 10.1. The Balaban J connectivity index is 1.44. The fraction of sp³-hybridized carbons (Fsp3) is 0.208. The molecule has 3 N–H and O–H groups in total. The van der Waals surface area contributed by atoms with E-state index in [9.17, 15) is 14.4 Å². The number of nitrogens with one attached hydrogen (secondary N) is 3. The zero-order valence-corrected chi connectivity index (χ0v) is 21.7. The van der Waals surface area contributed by atoms with E-state index >= 15 is 0 Å². The highest BCUT2D eigenvalue weighted by atomic mass is 35.5. The third-order valence-electron chi connectivity index (χ3n) is 5.98. The van der Waals surface area contributed by atoms with E-state index in [0.29, 0.717) is 21.7 Å². The van der Waals surface area contributed by atoms with Gasteiger partial charge < -0.3 is 10.2 Å². The van der Waals surface area contributed by atoms with Crippen LogP contribution in [0.25, 0.3) is 10.6 Å². The van der Waals surface area contributed by atoms with Gasteiger partial charge in [-0.3, -0.25) is 29.6 Å². The molecule has 3 heterocycles. The van der Waals surface area contributed by atoms with Crippen molar-refractivity contribution in [2.24, 2.45) is 7.05 Å². The minimum atomic E-state index is -0.541. The van der Waals surface area contributed by atoms with Crippen molar-refractivity contribution in [1.29, 1.82) is 0 Å². The molecule has 0 saturated carbocycles. The lowest BCUT2D eigenvalue weighted by molar-refractivity contribution is -0.122. The van der Waals surface area contributed by atoms with Gasteiger partial charge in [0.2, 0.25) is 0 Å². The second-order valence-corrected chi connectivity index (χ2v) is 10.2. The van der Waals surface area contributed by atoms with Gasteiger partial charge >= 0.3 is 5.69 Å². The fourth-order valence-corrected chi connectivity index (χ4v) is 5.59. The highest BCUT2D eigenvalue weighted by Crippen LogP contribution is 2.44. The van der Waals surface area contributed by atoms with Gasteiger partial charge in [-0.05, 0) is 24.6 Å². The van der Waals surface area contributed by atoms with Crippen LogP contribution < -0.4 is 26.9 Å². The molecule has 0 radical (unpaired) electrons. The van der Waals surface area contributed by atoms with Gasteiger partial charge in [0.1, 0.15) is 18.1 Å². The Labute approximate surface area is 220 Å². The van der Waals surface area contributed by atoms with Gasteiger partial charge in [-0.15, -0.1) is 0 Å². The number of hydrogen-bond donors (Lipinski definition) is 3. The van der Waals surface area contributed by atoms with Crippen molar-refractivity contribution in [2.45, 2.75) is 6.92 Å². The predicted octanol–water partition coefficient (Wildman–Crippen LogP) is 3.44. The first-order valence-corrected chi connectivity index (χ1v) is 12.8. The average molecular weight is 545 g/mol. The zero-order chi connectivity index (χ0) is 25.6. The van der Waals surface area contributed by atoms with E-state index in [1.54, 1.807) is 40.9 Å². The van der Waals surface area contributed by atoms with Crippen LogP contribution in [0.1, 0.15) is 16.7 Å². The summed E-state index contributed by atoms with van der Waals surface area (Å²) >= 11 is 14.1. The summed E-state index contributed by atoms with van der Waals surface area (Å²) in [5, 5.41) is 5.65. The van der Waals surface area contributed by atoms with Crippen molar-refractivity contribution in [3.8, 4) is 0 Å². The SMILES string of the molecule is Cc1ccc(C2=C(c3ccc(Cl)c(Cl)c3)N(NC(=O)CN3CNc4c3c(=O)[nH]c(=O)n4C)CS2)cc1. The number of anilines is 2. The second kappa shape index (κ2) is 9.61. The smallest absolute Gasteiger partial charge is 0.329 e. The van der Waals surface area contributed by atoms with Gasteiger partial charge in [-0.2, -0.15) is 0 Å². The van der Waals surface area contributed by atoms with Gasteiger partial charge in [0.15, 0.2) is 0 Å². The van der Waals surface area contributed by atoms with Crippen molar-refractivity contribution in [3.05, 3.63) is 90.0 Å². The van der Waals surface area contributed by atoms with Crippen molar-refractivity contribution in [2.75, 3.05) is 29.3 Å². The van der Waals surface area contributed by atoms with Gasteiger partial charge in [0, 0.05) is 17.5 Å². The Hall–Kier alpha value is -3.34. The summed E-state index contributed by atoms with van der Waals surface area (Å²) in [7, 11) is 1.55. The lowest BCUT2D eigenvalue weighted by Gasteiger charge is -2.25. The maximum atomic E-state index is 13.1. The van der Waals surface area contributed by atoms with Gasteiger partial charge in [-0.1, -0.05) is 70.9 Å². The standard InChI is InChI=1S/C24H22Cl2N6O3S/c1-13-3-5-14(6-4-13)21-19(15-7-8-16(25)17(26)9-15)32(12-36-21)29-18(33)10-31-11-27-22-20(31)23(34)28-24(35)30(22)2/h3-9,27H,10-12H2,1-2H3,(H,29,33)(H,28,34,35). The predicted molar refractivity (Wildman–Crippen MR) is 145 cm³/mol. The number of aryl methyl sites for hydroxylation is 1. The van der Waals surface area contributed by atoms with Crippen LogP contribution in [-0.4, -0.2) is 39.6 Å². The molecule has 36 heavy (non-hydrogen) atoms. The van der Waals surface area contributed by atoms with Gasteiger partial charge in [0.25, 0.3) is 11.5 Å². The molecule has 0 saturated heterocycles. The van der Waals surface area contributed by atoms with E-state index in [4.69, 9.17) is 23.2 Å². The Morgan fingerprint density at radius 3 is 2.53 bits per heavy atom. The molecule has 1 aromatic heterocycles. The molecular formula is C24H22Cl2N6O3S. The molecular weight excluding hydrogens is 523 g/mol. The van der Waals surface area contributed by atoms with E-state index in [-0.39, 0.29) is 24.8 Å². The fourth-order valence-electron chi connectivity index (χ4n) is 4.18. The Kier molecular flexibility index (Phi) is 6.50. The summed E-state index contributed by atoms with van der Waals surface area (Å²) in [5.41, 5.74) is 5.94. The largest absolute Gasteiger partial charge is 0.352 e. The number of aromatic amines is 1. The van der Waals surface area contributed by atoms with E-state index in [0.717, 1.165) is 27.3 Å². The number of rotatable bonds is 5. The minimum Gasteiger partial charge on any atom is -0.352 e. The molecule has 2 aromatic carbocycles. The molecule has 9 nitrogen and oxygen atoms in total. The number of aromatic nitrogens is 2. The van der Waals surface area contributed by atoms with Crippen LogP contribution >= 0.6 is 35.0 Å². The summed E-state index contributed by atoms with van der Waals surface area (Å²) in [6.07, 6.45) is 0. The first-order chi connectivity index (χ1) is 17.2. The molecule has 12 heteroatoms. The second-order valence-electron chi connectivity index (χ2n) is 8.46. The molecule has 186 valence electrons. The van der Waals surface area contributed by atoms with Crippen LogP contribution in [0.3, 0.4) is 0 Å². The number of fused-ring (bicyclic) bond motifs is 1. The third-order valence-corrected chi connectivity index (χ3v) is 7.82. The number of hydrogen-bond acceptors (Lipinski definition) is 7. The number of amides is 1. The summed E-state index contributed by atoms with van der Waals surface area (Å²) < 4.78 is 1.31. The molecule has 1 amide bonds. The normalized spacial score (nSPS) is 14.8. The summed E-state index contributed by atoms with van der Waals surface area (Å²) in [4.78, 5) is 42.3. The molecule has 0 aliphatic carbocycles. The van der Waals surface area contributed by atoms with Crippen molar-refractivity contribution in [1.82, 2.24) is 20.0 Å². The van der Waals surface area contributed by atoms with Crippen LogP contribution in [0.15, 0.2) is 52.1 Å². The Morgan fingerprint density at radius 1 is 1.08 bits per heavy atom. The number of hydrazine groups is 1. The quantitative estimate of drug-likeness (QED) is 0.452. The Morgan fingerprint density at radius 2 is 1.81 bits per heavy atom. The average Bonchev–Trinajstić information content (AvgIpc) is 3.45. The number of benzene rings is 2. The summed E-state index contributed by atoms with van der Waals surface area (Å²) in [6.45, 7) is 2.17. The van der Waals surface area contributed by atoms with Crippen LogP contribution in [0.2, 0.25) is 10.0 Å². The number of H-pyrrole nitrogens is 1. The maximum Gasteiger partial charge on any atom is 0.329 e. The van der Waals surface area contributed by atoms with E-state index in [1.165, 1.54) is 4.57 Å². The molecule has 2 aliphatic rings. The van der Waals surface area contributed by atoms with Gasteiger partial charge in [-0.25, -0.2) is 4.79 Å². The summed E-state index contributed by atoms with van der Waals surface area (Å²) in [6, 6.07) is 13.5. The van der Waals surface area contributed by atoms with Crippen molar-refractivity contribution >= 4 is 63.0 Å². The van der Waals surface area contributed by atoms with E-state index < -0.39 is 11.2 Å². The minimum absolute atomic E-state index is 0.0863. The molecule has 0 unspecified atom stereocenters. The summed E-state index contributed by atoms with van der Waals surface area (Å²) in [5.74, 6) is 0.543. The lowest BCUT2D eigenvalue weighted by Crippen LogP contribution is -2.45. The van der Waals surface area contributed by atoms with Crippen LogP contribution in [0.5, 0.6) is 0 Å². The third kappa shape index (κ3) is 4.47. The molecule has 0 fully saturated rings. The number of carbonyl (C=O) groups is 1. The first-order valence-electron chi connectivity index (χ1n) is 11.0. The van der Waals surface area contributed by atoms with Gasteiger partial charge in [0.05, 0.1) is 28.3 Å². The van der Waals surface area contributed by atoms with E-state index in [2.05, 4.69) is 15.7 Å². The molecule has 3 aromatic rings. The molecule has 0 bridgehead atoms. The number of thioether (sulfide) groups is 1. The number of carbonyl (C=O) groups excluding carboxylic acids is 1. The molecule has 0 atom stereocenters. The Bertz CT molecular complexity index is 1520. The van der Waals surface area contributed by atoms with E-state index in [1.807, 2.05) is 37.3 Å². The highest BCUT2D eigenvalue weighted by Gasteiger charge is 2.30. The highest BCUT2D eigenvalue weighted by molar-refractivity contribution is 8.08. The molecule has 2 aliphatic heterocycles. The van der Waals surface area contributed by atoms with Crippen LogP contribution in [0.4, 0.5) is 11.5 Å². The number of nitrogens with zero attached hydrogens (tertiary/aromatic N) is 3. The van der Waals surface area contributed by atoms with Crippen LogP contribution in [-0.2, 0) is 11.8 Å². The topological polar surface area (TPSA) is 102 Å². The van der Waals surface area contributed by atoms with Crippen molar-refractivity contribution in [3.63, 3.8) is 0 Å². The number of halogens is 2. The monoisotopic (exact) mass is 544 g/mol. The molecule has 5 rings (SSSR count).